The minimum absolute atomic E-state index is 0.181. The van der Waals surface area contributed by atoms with Crippen LogP contribution >= 0.6 is 11.3 Å². The van der Waals surface area contributed by atoms with Crippen molar-refractivity contribution in [3.05, 3.63) is 45.4 Å². The normalized spacial score (nSPS) is 18.7. The first-order valence-corrected chi connectivity index (χ1v) is 11.7. The van der Waals surface area contributed by atoms with Crippen molar-refractivity contribution in [3.63, 3.8) is 0 Å². The number of Topliss-reactive ketones (excluding diaryl/α,β-unsaturated/α-hetero) is 1. The molecule has 2 fully saturated rings. The van der Waals surface area contributed by atoms with Gasteiger partial charge in [-0.2, -0.15) is 0 Å². The first kappa shape index (κ1) is 20.8. The molecule has 1 aliphatic heterocycles. The number of nitrogens with zero attached hydrogens (tertiary/aromatic N) is 2. The topological polar surface area (TPSA) is 71.4 Å². The number of hydrogen-bond donors (Lipinski definition) is 1. The zero-order valence-electron chi connectivity index (χ0n) is 17.7. The van der Waals surface area contributed by atoms with Gasteiger partial charge in [0.05, 0.1) is 6.54 Å². The number of thiophene rings is 1. The van der Waals surface area contributed by atoms with Gasteiger partial charge in [-0.05, 0) is 50.6 Å². The quantitative estimate of drug-likeness (QED) is 0.554. The van der Waals surface area contributed by atoms with Gasteiger partial charge in [-0.15, -0.1) is 11.3 Å². The molecule has 1 spiro atoms. The second kappa shape index (κ2) is 8.38. The zero-order chi connectivity index (χ0) is 21.3. The molecule has 2 aromatic heterocycles. The zero-order valence-corrected chi connectivity index (χ0v) is 18.5. The molecule has 1 aliphatic carbocycles. The fourth-order valence-corrected chi connectivity index (χ4v) is 5.52. The molecular weight excluding hydrogens is 398 g/mol. The standard InChI is InChI=1S/C23H29N3O3S/c1-16-14-19(17(2)25(16)12-9-18-8-7-13-30-18)20(27)15-26-21(28)23(24-22(26)29)10-5-3-4-6-11-23/h7-8,13-14H,3-6,9-12,15H2,1-2H3,(H,24,29). The van der Waals surface area contributed by atoms with E-state index < -0.39 is 11.6 Å². The highest BCUT2D eigenvalue weighted by molar-refractivity contribution is 7.09. The Morgan fingerprint density at radius 2 is 1.90 bits per heavy atom. The van der Waals surface area contributed by atoms with Crippen LogP contribution in [0, 0.1) is 13.8 Å². The lowest BCUT2D eigenvalue weighted by atomic mass is 9.90. The predicted octanol–water partition coefficient (Wildman–Crippen LogP) is 4.24. The lowest BCUT2D eigenvalue weighted by Crippen LogP contribution is -2.46. The third-order valence-corrected chi connectivity index (χ3v) is 7.48. The summed E-state index contributed by atoms with van der Waals surface area (Å²) in [5.74, 6) is -0.408. The Bertz CT molecular complexity index is 953. The highest BCUT2D eigenvalue weighted by Crippen LogP contribution is 2.33. The van der Waals surface area contributed by atoms with Crippen molar-refractivity contribution in [1.82, 2.24) is 14.8 Å². The van der Waals surface area contributed by atoms with Crippen LogP contribution in [-0.2, 0) is 17.8 Å². The first-order valence-electron chi connectivity index (χ1n) is 10.8. The van der Waals surface area contributed by atoms with Crippen molar-refractivity contribution in [1.29, 1.82) is 0 Å². The molecule has 1 N–H and O–H groups in total. The Labute approximate surface area is 181 Å². The third kappa shape index (κ3) is 3.83. The summed E-state index contributed by atoms with van der Waals surface area (Å²) in [6.07, 6.45) is 6.27. The average Bonchev–Trinajstić information content (AvgIpc) is 3.32. The van der Waals surface area contributed by atoms with Crippen LogP contribution < -0.4 is 5.32 Å². The number of imide groups is 1. The number of urea groups is 1. The van der Waals surface area contributed by atoms with Crippen molar-refractivity contribution in [2.75, 3.05) is 6.54 Å². The number of rotatable bonds is 6. The molecule has 160 valence electrons. The number of nitrogens with one attached hydrogen (secondary N) is 1. The minimum atomic E-state index is -0.800. The van der Waals surface area contributed by atoms with Crippen LogP contribution in [0.1, 0.15) is 65.1 Å². The molecule has 2 aromatic rings. The Morgan fingerprint density at radius 1 is 1.17 bits per heavy atom. The molecule has 1 saturated carbocycles. The third-order valence-electron chi connectivity index (χ3n) is 6.54. The van der Waals surface area contributed by atoms with Crippen molar-refractivity contribution in [2.24, 2.45) is 0 Å². The molecule has 0 atom stereocenters. The van der Waals surface area contributed by atoms with Gasteiger partial charge in [0.2, 0.25) is 0 Å². The van der Waals surface area contributed by atoms with Crippen LogP contribution in [0.4, 0.5) is 4.79 Å². The van der Waals surface area contributed by atoms with Crippen molar-refractivity contribution < 1.29 is 14.4 Å². The van der Waals surface area contributed by atoms with Crippen LogP contribution in [-0.4, -0.2) is 39.3 Å². The fraction of sp³-hybridized carbons (Fsp3) is 0.522. The summed E-state index contributed by atoms with van der Waals surface area (Å²) >= 11 is 1.73. The van der Waals surface area contributed by atoms with Gasteiger partial charge in [-0.1, -0.05) is 31.7 Å². The second-order valence-corrected chi connectivity index (χ2v) is 9.54. The molecular formula is C23H29N3O3S. The average molecular weight is 428 g/mol. The predicted molar refractivity (Wildman–Crippen MR) is 117 cm³/mol. The van der Waals surface area contributed by atoms with Gasteiger partial charge in [0, 0.05) is 28.4 Å². The molecule has 0 aromatic carbocycles. The van der Waals surface area contributed by atoms with Crippen molar-refractivity contribution in [2.45, 2.75) is 70.9 Å². The summed E-state index contributed by atoms with van der Waals surface area (Å²) in [6, 6.07) is 5.61. The number of aryl methyl sites for hydroxylation is 2. The molecule has 7 heteroatoms. The molecule has 3 amide bonds. The van der Waals surface area contributed by atoms with E-state index >= 15 is 0 Å². The van der Waals surface area contributed by atoms with Gasteiger partial charge in [0.15, 0.2) is 5.78 Å². The molecule has 0 radical (unpaired) electrons. The Hall–Kier alpha value is -2.41. The molecule has 0 bridgehead atoms. The summed E-state index contributed by atoms with van der Waals surface area (Å²) < 4.78 is 2.14. The first-order chi connectivity index (χ1) is 14.4. The van der Waals surface area contributed by atoms with E-state index in [0.29, 0.717) is 18.4 Å². The van der Waals surface area contributed by atoms with Crippen LogP contribution in [0.15, 0.2) is 23.6 Å². The van der Waals surface area contributed by atoms with E-state index in [1.54, 1.807) is 11.3 Å². The summed E-state index contributed by atoms with van der Waals surface area (Å²) in [5, 5.41) is 4.98. The molecule has 0 unspecified atom stereocenters. The van der Waals surface area contributed by atoms with Gasteiger partial charge in [0.25, 0.3) is 5.91 Å². The van der Waals surface area contributed by atoms with E-state index in [0.717, 1.165) is 54.9 Å². The molecule has 3 heterocycles. The maximum atomic E-state index is 13.1. The van der Waals surface area contributed by atoms with E-state index in [1.807, 2.05) is 26.0 Å². The van der Waals surface area contributed by atoms with Crippen LogP contribution in [0.5, 0.6) is 0 Å². The van der Waals surface area contributed by atoms with Gasteiger partial charge < -0.3 is 9.88 Å². The Kier molecular flexibility index (Phi) is 5.82. The number of carbonyl (C=O) groups is 3. The van der Waals surface area contributed by atoms with Crippen LogP contribution in [0.3, 0.4) is 0 Å². The maximum absolute atomic E-state index is 13.1. The Morgan fingerprint density at radius 3 is 2.57 bits per heavy atom. The van der Waals surface area contributed by atoms with E-state index in [9.17, 15) is 14.4 Å². The molecule has 4 rings (SSSR count). The molecule has 2 aliphatic rings. The van der Waals surface area contributed by atoms with Crippen molar-refractivity contribution in [3.8, 4) is 0 Å². The summed E-state index contributed by atoms with van der Waals surface area (Å²) in [5.41, 5.74) is 1.71. The largest absolute Gasteiger partial charge is 0.348 e. The van der Waals surface area contributed by atoms with E-state index in [2.05, 4.69) is 21.3 Å². The van der Waals surface area contributed by atoms with Gasteiger partial charge in [0.1, 0.15) is 5.54 Å². The highest BCUT2D eigenvalue weighted by atomic mass is 32.1. The summed E-state index contributed by atoms with van der Waals surface area (Å²) in [4.78, 5) is 41.2. The molecule has 6 nitrogen and oxygen atoms in total. The summed E-state index contributed by atoms with van der Waals surface area (Å²) in [7, 11) is 0. The van der Waals surface area contributed by atoms with Gasteiger partial charge in [-0.3, -0.25) is 14.5 Å². The lowest BCUT2D eigenvalue weighted by Gasteiger charge is -2.24. The number of aromatic nitrogens is 1. The number of amides is 3. The smallest absolute Gasteiger partial charge is 0.325 e. The molecule has 1 saturated heterocycles. The van der Waals surface area contributed by atoms with Crippen LogP contribution in [0.2, 0.25) is 0 Å². The maximum Gasteiger partial charge on any atom is 0.325 e. The van der Waals surface area contributed by atoms with Gasteiger partial charge >= 0.3 is 6.03 Å². The Balaban J connectivity index is 1.48. The SMILES string of the molecule is Cc1cc(C(=O)CN2C(=O)NC3(CCCCCC3)C2=O)c(C)n1CCc1cccs1. The lowest BCUT2D eigenvalue weighted by molar-refractivity contribution is -0.131. The summed E-state index contributed by atoms with van der Waals surface area (Å²) in [6.45, 7) is 4.54. The number of hydrogen-bond acceptors (Lipinski definition) is 4. The monoisotopic (exact) mass is 427 g/mol. The number of ketones is 1. The van der Waals surface area contributed by atoms with E-state index in [4.69, 9.17) is 0 Å². The highest BCUT2D eigenvalue weighted by Gasteiger charge is 2.51. The molecule has 30 heavy (non-hydrogen) atoms. The van der Waals surface area contributed by atoms with E-state index in [-0.39, 0.29) is 18.2 Å². The minimum Gasteiger partial charge on any atom is -0.348 e. The van der Waals surface area contributed by atoms with Gasteiger partial charge in [-0.25, -0.2) is 4.79 Å². The fourth-order valence-electron chi connectivity index (χ4n) is 4.82. The number of carbonyl (C=O) groups excluding carboxylic acids is 3. The van der Waals surface area contributed by atoms with E-state index in [1.165, 1.54) is 4.88 Å². The van der Waals surface area contributed by atoms with Crippen LogP contribution in [0.25, 0.3) is 0 Å². The second-order valence-electron chi connectivity index (χ2n) is 8.51. The van der Waals surface area contributed by atoms with Crippen molar-refractivity contribution >= 4 is 29.1 Å².